The third-order valence-electron chi connectivity index (χ3n) is 2.54. The lowest BCUT2D eigenvalue weighted by atomic mass is 10.2. The van der Waals surface area contributed by atoms with E-state index >= 15 is 0 Å². The molecule has 106 valence electrons. The molecule has 0 spiro atoms. The Hall–Kier alpha value is -2.09. The number of anilines is 1. The number of nitrogens with zero attached hydrogens (tertiary/aromatic N) is 2. The van der Waals surface area contributed by atoms with Gasteiger partial charge in [0.05, 0.1) is 17.1 Å². The van der Waals surface area contributed by atoms with Crippen LogP contribution in [0.15, 0.2) is 21.2 Å². The van der Waals surface area contributed by atoms with Crippen LogP contribution in [0.25, 0.3) is 0 Å². The lowest BCUT2D eigenvalue weighted by Gasteiger charge is -2.07. The maximum absolute atomic E-state index is 12.1. The van der Waals surface area contributed by atoms with Gasteiger partial charge in [0.15, 0.2) is 0 Å². The van der Waals surface area contributed by atoms with Crippen molar-refractivity contribution >= 4 is 27.8 Å². The van der Waals surface area contributed by atoms with E-state index < -0.39 is 0 Å². The molecule has 7 nitrogen and oxygen atoms in total. The molecule has 0 aromatic carbocycles. The molecule has 0 aliphatic heterocycles. The molecule has 0 aliphatic carbocycles. The summed E-state index contributed by atoms with van der Waals surface area (Å²) in [6.07, 6.45) is 1.52. The van der Waals surface area contributed by atoms with Crippen LogP contribution >= 0.6 is 15.9 Å². The highest BCUT2D eigenvalue weighted by atomic mass is 79.9. The monoisotopic (exact) mass is 340 g/mol. The number of carbonyl (C=O) groups excluding carboxylic acids is 1. The first-order chi connectivity index (χ1) is 9.52. The smallest absolute Gasteiger partial charge is 0.274 e. The molecule has 0 saturated carbocycles. The Kier molecular flexibility index (Phi) is 4.23. The van der Waals surface area contributed by atoms with Gasteiger partial charge in [0.1, 0.15) is 11.5 Å². The fraction of sp³-hybridized carbons (Fsp3) is 0.250. The summed E-state index contributed by atoms with van der Waals surface area (Å²) < 4.78 is 11.0. The highest BCUT2D eigenvalue weighted by Gasteiger charge is 2.19. The number of methoxy groups -OCH3 is 1. The second kappa shape index (κ2) is 5.91. The predicted molar refractivity (Wildman–Crippen MR) is 75.6 cm³/mol. The maximum atomic E-state index is 12.1. The maximum Gasteiger partial charge on any atom is 0.274 e. The van der Waals surface area contributed by atoms with Crippen molar-refractivity contribution in [1.82, 2.24) is 15.4 Å². The lowest BCUT2D eigenvalue weighted by Crippen LogP contribution is -2.30. The van der Waals surface area contributed by atoms with E-state index in [2.05, 4.69) is 36.7 Å². The number of aryl methyl sites for hydroxylation is 2. The normalized spacial score (nSPS) is 10.2. The summed E-state index contributed by atoms with van der Waals surface area (Å²) in [5.74, 6) is 1.45. The highest BCUT2D eigenvalue weighted by molar-refractivity contribution is 9.10. The predicted octanol–water partition coefficient (Wildman–Crippen LogP) is 2.21. The van der Waals surface area contributed by atoms with Crippen molar-refractivity contribution in [2.45, 2.75) is 13.8 Å². The van der Waals surface area contributed by atoms with E-state index in [1.807, 2.05) is 0 Å². The van der Waals surface area contributed by atoms with Crippen LogP contribution < -0.4 is 15.6 Å². The first-order valence-corrected chi connectivity index (χ1v) is 6.51. The summed E-state index contributed by atoms with van der Waals surface area (Å²) in [4.78, 5) is 20.0. The van der Waals surface area contributed by atoms with Crippen molar-refractivity contribution in [3.05, 3.63) is 33.8 Å². The molecule has 20 heavy (non-hydrogen) atoms. The Morgan fingerprint density at radius 3 is 2.75 bits per heavy atom. The van der Waals surface area contributed by atoms with Crippen LogP contribution in [0.2, 0.25) is 0 Å². The number of ether oxygens (including phenoxy) is 1. The van der Waals surface area contributed by atoms with Crippen LogP contribution in [0.1, 0.15) is 21.9 Å². The summed E-state index contributed by atoms with van der Waals surface area (Å²) in [6, 6.07) is 1.60. The van der Waals surface area contributed by atoms with E-state index in [0.717, 1.165) is 0 Å². The molecule has 0 atom stereocenters. The molecule has 0 unspecified atom stereocenters. The molecule has 0 aliphatic rings. The number of hydrogen-bond donors (Lipinski definition) is 2. The molecule has 2 rings (SSSR count). The number of aromatic nitrogens is 2. The van der Waals surface area contributed by atoms with Crippen molar-refractivity contribution in [3.8, 4) is 5.88 Å². The molecule has 0 bridgehead atoms. The van der Waals surface area contributed by atoms with Crippen molar-refractivity contribution in [1.29, 1.82) is 0 Å². The summed E-state index contributed by atoms with van der Waals surface area (Å²) in [7, 11) is 1.50. The van der Waals surface area contributed by atoms with Crippen molar-refractivity contribution in [2.75, 3.05) is 12.5 Å². The third kappa shape index (κ3) is 2.90. The van der Waals surface area contributed by atoms with Gasteiger partial charge in [-0.15, -0.1) is 0 Å². The standard InChI is InChI=1S/C12H13BrN4O3/c1-6-9(10(13)7(2)20-6)11(18)16-17-12-14-5-4-8(15-12)19-3/h4-5H,1-3H3,(H,16,18)(H,14,15,17). The van der Waals surface area contributed by atoms with Crippen LogP contribution in [0.5, 0.6) is 5.88 Å². The van der Waals surface area contributed by atoms with Gasteiger partial charge in [0.25, 0.3) is 5.91 Å². The first-order valence-electron chi connectivity index (χ1n) is 5.71. The van der Waals surface area contributed by atoms with Gasteiger partial charge in [0, 0.05) is 12.3 Å². The van der Waals surface area contributed by atoms with Gasteiger partial charge in [-0.05, 0) is 29.8 Å². The Morgan fingerprint density at radius 2 is 2.15 bits per heavy atom. The molecule has 0 saturated heterocycles. The minimum absolute atomic E-state index is 0.228. The summed E-state index contributed by atoms with van der Waals surface area (Å²) in [5.41, 5.74) is 5.55. The number of nitrogens with one attached hydrogen (secondary N) is 2. The summed E-state index contributed by atoms with van der Waals surface area (Å²) in [6.45, 7) is 3.49. The highest BCUT2D eigenvalue weighted by Crippen LogP contribution is 2.27. The zero-order chi connectivity index (χ0) is 14.7. The SMILES string of the molecule is COc1ccnc(NNC(=O)c2c(C)oc(C)c2Br)n1. The van der Waals surface area contributed by atoms with E-state index in [4.69, 9.17) is 9.15 Å². The number of hydrazine groups is 1. The van der Waals surface area contributed by atoms with Crippen LogP contribution in [0, 0.1) is 13.8 Å². The van der Waals surface area contributed by atoms with Gasteiger partial charge >= 0.3 is 0 Å². The number of rotatable bonds is 4. The van der Waals surface area contributed by atoms with Gasteiger partial charge in [-0.3, -0.25) is 15.6 Å². The molecule has 0 fully saturated rings. The van der Waals surface area contributed by atoms with Gasteiger partial charge < -0.3 is 9.15 Å². The average Bonchev–Trinajstić information content (AvgIpc) is 2.70. The largest absolute Gasteiger partial charge is 0.481 e. The van der Waals surface area contributed by atoms with Crippen LogP contribution in [-0.2, 0) is 0 Å². The minimum atomic E-state index is -0.349. The Balaban J connectivity index is 2.08. The van der Waals surface area contributed by atoms with Crippen molar-refractivity contribution in [3.63, 3.8) is 0 Å². The first kappa shape index (κ1) is 14.3. The number of furan rings is 1. The molecule has 2 heterocycles. The lowest BCUT2D eigenvalue weighted by molar-refractivity contribution is 0.0960. The Morgan fingerprint density at radius 1 is 1.40 bits per heavy atom. The molecule has 2 aromatic rings. The van der Waals surface area contributed by atoms with E-state index in [9.17, 15) is 4.79 Å². The Labute approximate surface area is 123 Å². The molecule has 2 N–H and O–H groups in total. The molecular weight excluding hydrogens is 328 g/mol. The topological polar surface area (TPSA) is 89.3 Å². The number of amides is 1. The zero-order valence-corrected chi connectivity index (χ0v) is 12.7. The fourth-order valence-corrected chi connectivity index (χ4v) is 2.15. The zero-order valence-electron chi connectivity index (χ0n) is 11.2. The van der Waals surface area contributed by atoms with Crippen molar-refractivity contribution < 1.29 is 13.9 Å². The van der Waals surface area contributed by atoms with Crippen LogP contribution in [0.4, 0.5) is 5.95 Å². The van der Waals surface area contributed by atoms with Gasteiger partial charge in [-0.25, -0.2) is 4.98 Å². The van der Waals surface area contributed by atoms with Gasteiger partial charge in [-0.1, -0.05) is 0 Å². The van der Waals surface area contributed by atoms with Crippen LogP contribution in [-0.4, -0.2) is 23.0 Å². The molecular formula is C12H13BrN4O3. The van der Waals surface area contributed by atoms with E-state index in [1.54, 1.807) is 19.9 Å². The van der Waals surface area contributed by atoms with E-state index in [1.165, 1.54) is 13.3 Å². The second-order valence-electron chi connectivity index (χ2n) is 3.91. The quantitative estimate of drug-likeness (QED) is 0.829. The minimum Gasteiger partial charge on any atom is -0.481 e. The third-order valence-corrected chi connectivity index (χ3v) is 3.50. The number of halogens is 1. The van der Waals surface area contributed by atoms with Crippen LogP contribution in [0.3, 0.4) is 0 Å². The summed E-state index contributed by atoms with van der Waals surface area (Å²) in [5, 5.41) is 0. The van der Waals surface area contributed by atoms with Gasteiger partial charge in [0.2, 0.25) is 11.8 Å². The molecule has 8 heteroatoms. The van der Waals surface area contributed by atoms with Crippen molar-refractivity contribution in [2.24, 2.45) is 0 Å². The Bertz CT molecular complexity index is 642. The molecule has 1 amide bonds. The number of carbonyl (C=O) groups is 1. The molecule has 0 radical (unpaired) electrons. The summed E-state index contributed by atoms with van der Waals surface area (Å²) >= 11 is 3.32. The van der Waals surface area contributed by atoms with E-state index in [0.29, 0.717) is 27.4 Å². The van der Waals surface area contributed by atoms with E-state index in [-0.39, 0.29) is 11.9 Å². The number of hydrogen-bond acceptors (Lipinski definition) is 6. The second-order valence-corrected chi connectivity index (χ2v) is 4.70. The fourth-order valence-electron chi connectivity index (χ4n) is 1.61. The van der Waals surface area contributed by atoms with Gasteiger partial charge in [-0.2, -0.15) is 4.98 Å². The average molecular weight is 341 g/mol. The molecule has 2 aromatic heterocycles.